The van der Waals surface area contributed by atoms with Gasteiger partial charge >= 0.3 is 0 Å². The van der Waals surface area contributed by atoms with E-state index in [-0.39, 0.29) is 0 Å². The molecule has 1 aromatic heterocycles. The van der Waals surface area contributed by atoms with Crippen molar-refractivity contribution in [1.82, 2.24) is 0 Å². The summed E-state index contributed by atoms with van der Waals surface area (Å²) in [4.78, 5) is 11.6. The first-order valence-electron chi connectivity index (χ1n) is 4.11. The number of halogens is 1. The van der Waals surface area contributed by atoms with Crippen LogP contribution in [0.1, 0.15) is 9.67 Å². The summed E-state index contributed by atoms with van der Waals surface area (Å²) in [5.74, 6) is 0. The molecule has 0 N–H and O–H groups in total. The molecule has 70 valence electrons. The summed E-state index contributed by atoms with van der Waals surface area (Å²) in [5.41, 5.74) is 2.08. The fourth-order valence-corrected chi connectivity index (χ4v) is 2.78. The van der Waals surface area contributed by atoms with Crippen LogP contribution in [-0.4, -0.2) is 6.29 Å². The third-order valence-corrected chi connectivity index (χ3v) is 3.49. The Bertz CT molecular complexity index is 448. The van der Waals surface area contributed by atoms with E-state index in [0.29, 0.717) is 0 Å². The highest BCUT2D eigenvalue weighted by Gasteiger charge is 2.08. The van der Waals surface area contributed by atoms with Crippen molar-refractivity contribution in [3.63, 3.8) is 0 Å². The normalized spacial score (nSPS) is 10.1. The van der Waals surface area contributed by atoms with Crippen molar-refractivity contribution in [2.75, 3.05) is 0 Å². The van der Waals surface area contributed by atoms with Gasteiger partial charge in [-0.1, -0.05) is 30.3 Å². The lowest BCUT2D eigenvalue weighted by molar-refractivity contribution is 0.112. The van der Waals surface area contributed by atoms with Crippen LogP contribution in [0.5, 0.6) is 0 Å². The van der Waals surface area contributed by atoms with Crippen LogP contribution in [0, 0.1) is 0 Å². The molecule has 0 aliphatic rings. The average molecular weight is 267 g/mol. The highest BCUT2D eigenvalue weighted by Crippen LogP contribution is 2.33. The molecule has 0 saturated carbocycles. The summed E-state index contributed by atoms with van der Waals surface area (Å²) in [6.45, 7) is 0. The van der Waals surface area contributed by atoms with E-state index in [0.717, 1.165) is 26.1 Å². The Balaban J connectivity index is 2.56. The van der Waals surface area contributed by atoms with E-state index in [2.05, 4.69) is 15.9 Å². The van der Waals surface area contributed by atoms with Gasteiger partial charge in [0.1, 0.15) is 0 Å². The van der Waals surface area contributed by atoms with Gasteiger partial charge in [0, 0.05) is 5.56 Å². The molecule has 1 nitrogen and oxygen atoms in total. The van der Waals surface area contributed by atoms with E-state index >= 15 is 0 Å². The van der Waals surface area contributed by atoms with Crippen molar-refractivity contribution in [1.29, 1.82) is 0 Å². The summed E-state index contributed by atoms with van der Waals surface area (Å²) in [7, 11) is 0. The number of aldehydes is 1. The second-order valence-corrected chi connectivity index (χ2v) is 5.28. The third-order valence-electron chi connectivity index (χ3n) is 1.92. The predicted molar refractivity (Wildman–Crippen MR) is 62.8 cm³/mol. The van der Waals surface area contributed by atoms with E-state index in [1.54, 1.807) is 0 Å². The van der Waals surface area contributed by atoms with Gasteiger partial charge in [0.05, 0.1) is 8.66 Å². The SMILES string of the molecule is O=Cc1sc(Br)cc1-c1ccccc1. The number of hydrogen-bond acceptors (Lipinski definition) is 2. The number of rotatable bonds is 2. The zero-order valence-electron chi connectivity index (χ0n) is 7.24. The number of carbonyl (C=O) groups is 1. The lowest BCUT2D eigenvalue weighted by Crippen LogP contribution is -1.78. The molecule has 0 bridgehead atoms. The molecule has 0 aliphatic carbocycles. The van der Waals surface area contributed by atoms with Gasteiger partial charge in [-0.25, -0.2) is 0 Å². The summed E-state index contributed by atoms with van der Waals surface area (Å²) in [5, 5.41) is 0. The smallest absolute Gasteiger partial charge is 0.160 e. The van der Waals surface area contributed by atoms with Crippen LogP contribution < -0.4 is 0 Å². The molecular formula is C11H7BrOS. The molecule has 2 aromatic rings. The van der Waals surface area contributed by atoms with E-state index < -0.39 is 0 Å². The molecule has 0 atom stereocenters. The number of hydrogen-bond donors (Lipinski definition) is 0. The van der Waals surface area contributed by atoms with Crippen LogP contribution in [0.25, 0.3) is 11.1 Å². The van der Waals surface area contributed by atoms with Crippen molar-refractivity contribution in [2.24, 2.45) is 0 Å². The summed E-state index contributed by atoms with van der Waals surface area (Å²) >= 11 is 4.84. The van der Waals surface area contributed by atoms with Crippen LogP contribution in [-0.2, 0) is 0 Å². The number of thiophene rings is 1. The van der Waals surface area contributed by atoms with Gasteiger partial charge in [-0.3, -0.25) is 4.79 Å². The Hall–Kier alpha value is -0.930. The summed E-state index contributed by atoms with van der Waals surface area (Å²) in [6.07, 6.45) is 0.901. The minimum Gasteiger partial charge on any atom is -0.297 e. The van der Waals surface area contributed by atoms with Crippen LogP contribution in [0.2, 0.25) is 0 Å². The molecule has 3 heteroatoms. The Kier molecular flexibility index (Phi) is 2.79. The van der Waals surface area contributed by atoms with Gasteiger partial charge in [-0.05, 0) is 27.6 Å². The molecular weight excluding hydrogens is 260 g/mol. The Morgan fingerprint density at radius 1 is 1.21 bits per heavy atom. The first-order chi connectivity index (χ1) is 6.81. The fraction of sp³-hybridized carbons (Fsp3) is 0. The molecule has 1 heterocycles. The molecule has 0 saturated heterocycles. The largest absolute Gasteiger partial charge is 0.297 e. The van der Waals surface area contributed by atoms with Crippen molar-refractivity contribution >= 4 is 33.6 Å². The number of benzene rings is 1. The molecule has 2 rings (SSSR count). The predicted octanol–water partition coefficient (Wildman–Crippen LogP) is 3.99. The van der Waals surface area contributed by atoms with Gasteiger partial charge in [0.15, 0.2) is 6.29 Å². The van der Waals surface area contributed by atoms with Crippen LogP contribution in [0.3, 0.4) is 0 Å². The maximum Gasteiger partial charge on any atom is 0.160 e. The third kappa shape index (κ3) is 1.79. The van der Waals surface area contributed by atoms with E-state index in [4.69, 9.17) is 0 Å². The molecule has 0 radical (unpaired) electrons. The minimum absolute atomic E-state index is 0.767. The molecule has 0 unspecified atom stereocenters. The quantitative estimate of drug-likeness (QED) is 0.752. The van der Waals surface area contributed by atoms with Crippen molar-refractivity contribution < 1.29 is 4.79 Å². The lowest BCUT2D eigenvalue weighted by Gasteiger charge is -1.97. The van der Waals surface area contributed by atoms with Gasteiger partial charge in [0.25, 0.3) is 0 Å². The first kappa shape index (κ1) is 9.62. The van der Waals surface area contributed by atoms with E-state index in [1.807, 2.05) is 36.4 Å². The monoisotopic (exact) mass is 266 g/mol. The highest BCUT2D eigenvalue weighted by molar-refractivity contribution is 9.11. The standard InChI is InChI=1S/C11H7BrOS/c12-11-6-9(10(7-13)14-11)8-4-2-1-3-5-8/h1-7H. The van der Waals surface area contributed by atoms with E-state index in [1.165, 1.54) is 11.3 Å². The Morgan fingerprint density at radius 3 is 2.57 bits per heavy atom. The fourth-order valence-electron chi connectivity index (χ4n) is 1.30. The highest BCUT2D eigenvalue weighted by atomic mass is 79.9. The summed E-state index contributed by atoms with van der Waals surface area (Å²) < 4.78 is 0.985. The first-order valence-corrected chi connectivity index (χ1v) is 5.72. The second-order valence-electron chi connectivity index (χ2n) is 2.81. The summed E-state index contributed by atoms with van der Waals surface area (Å²) in [6, 6.07) is 11.9. The molecule has 0 amide bonds. The average Bonchev–Trinajstić information content (AvgIpc) is 2.61. The van der Waals surface area contributed by atoms with Crippen LogP contribution in [0.4, 0.5) is 0 Å². The van der Waals surface area contributed by atoms with Crippen molar-refractivity contribution in [3.8, 4) is 11.1 Å². The lowest BCUT2D eigenvalue weighted by atomic mass is 10.1. The van der Waals surface area contributed by atoms with Crippen molar-refractivity contribution in [2.45, 2.75) is 0 Å². The maximum atomic E-state index is 10.8. The molecule has 14 heavy (non-hydrogen) atoms. The molecule has 1 aromatic carbocycles. The van der Waals surface area contributed by atoms with Gasteiger partial charge < -0.3 is 0 Å². The van der Waals surface area contributed by atoms with Gasteiger partial charge in [0.2, 0.25) is 0 Å². The molecule has 0 aliphatic heterocycles. The topological polar surface area (TPSA) is 17.1 Å². The van der Waals surface area contributed by atoms with Crippen LogP contribution in [0.15, 0.2) is 40.2 Å². The van der Waals surface area contributed by atoms with Crippen LogP contribution >= 0.6 is 27.3 Å². The zero-order chi connectivity index (χ0) is 9.97. The van der Waals surface area contributed by atoms with Gasteiger partial charge in [-0.2, -0.15) is 0 Å². The van der Waals surface area contributed by atoms with Crippen molar-refractivity contribution in [3.05, 3.63) is 45.1 Å². The minimum atomic E-state index is 0.767. The van der Waals surface area contributed by atoms with Gasteiger partial charge in [-0.15, -0.1) is 11.3 Å². The zero-order valence-corrected chi connectivity index (χ0v) is 9.64. The molecule has 0 fully saturated rings. The second kappa shape index (κ2) is 4.07. The Morgan fingerprint density at radius 2 is 1.93 bits per heavy atom. The Labute approximate surface area is 94.5 Å². The molecule has 0 spiro atoms. The maximum absolute atomic E-state index is 10.8. The van der Waals surface area contributed by atoms with E-state index in [9.17, 15) is 4.79 Å². The number of carbonyl (C=O) groups excluding carboxylic acids is 1.